The van der Waals surface area contributed by atoms with Gasteiger partial charge in [0.25, 0.3) is 10.0 Å². The van der Waals surface area contributed by atoms with E-state index in [-0.39, 0.29) is 27.9 Å². The van der Waals surface area contributed by atoms with Crippen LogP contribution < -0.4 is 9.62 Å². The van der Waals surface area contributed by atoms with Crippen molar-refractivity contribution in [2.75, 3.05) is 17.4 Å². The van der Waals surface area contributed by atoms with E-state index >= 15 is 0 Å². The Labute approximate surface area is 305 Å². The molecule has 0 fully saturated rings. The quantitative estimate of drug-likeness (QED) is 0.130. The van der Waals surface area contributed by atoms with E-state index in [2.05, 4.69) is 5.32 Å². The fourth-order valence-electron chi connectivity index (χ4n) is 5.15. The summed E-state index contributed by atoms with van der Waals surface area (Å²) in [6.07, 6.45) is -3.41. The minimum Gasteiger partial charge on any atom is -0.354 e. The molecule has 0 radical (unpaired) electrons. The predicted octanol–water partition coefficient (Wildman–Crippen LogP) is 8.73. The number of hydrogen-bond acceptors (Lipinski definition) is 4. The van der Waals surface area contributed by atoms with Crippen LogP contribution in [0.3, 0.4) is 0 Å². The third-order valence-electron chi connectivity index (χ3n) is 7.87. The molecule has 1 unspecified atom stereocenters. The van der Waals surface area contributed by atoms with E-state index in [4.69, 9.17) is 34.8 Å². The fourth-order valence-corrected chi connectivity index (χ4v) is 7.10. The lowest BCUT2D eigenvalue weighted by atomic mass is 10.0. The van der Waals surface area contributed by atoms with E-state index in [0.29, 0.717) is 34.5 Å². The highest BCUT2D eigenvalue weighted by Crippen LogP contribution is 2.38. The molecule has 7 nitrogen and oxygen atoms in total. The number of sulfonamides is 1. The third kappa shape index (κ3) is 9.93. The third-order valence-corrected chi connectivity index (χ3v) is 10.7. The van der Waals surface area contributed by atoms with Gasteiger partial charge in [0.2, 0.25) is 11.8 Å². The summed E-state index contributed by atoms with van der Waals surface area (Å²) in [7, 11) is -4.65. The van der Waals surface area contributed by atoms with Crippen molar-refractivity contribution in [2.24, 2.45) is 0 Å². The number of nitrogens with zero attached hydrogens (tertiary/aromatic N) is 2. The molecule has 0 aliphatic rings. The van der Waals surface area contributed by atoms with E-state index in [0.717, 1.165) is 24.1 Å². The molecule has 14 heteroatoms. The molecule has 4 aromatic rings. The Morgan fingerprint density at radius 2 is 1.50 bits per heavy atom. The van der Waals surface area contributed by atoms with Crippen LogP contribution in [-0.2, 0) is 38.8 Å². The van der Waals surface area contributed by atoms with E-state index in [9.17, 15) is 31.2 Å². The molecule has 4 rings (SSSR count). The van der Waals surface area contributed by atoms with E-state index in [1.54, 1.807) is 43.3 Å². The molecule has 0 bridgehead atoms. The zero-order chi connectivity index (χ0) is 36.6. The number of aryl methyl sites for hydroxylation is 1. The average Bonchev–Trinajstić information content (AvgIpc) is 3.07. The number of carbonyl (C=O) groups excluding carboxylic acids is 2. The molecular weight excluding hydrogens is 734 g/mol. The van der Waals surface area contributed by atoms with Gasteiger partial charge in [-0.2, -0.15) is 13.2 Å². The first-order chi connectivity index (χ1) is 23.6. The molecule has 1 N–H and O–H groups in total. The van der Waals surface area contributed by atoms with Crippen molar-refractivity contribution in [3.8, 4) is 0 Å². The van der Waals surface area contributed by atoms with Crippen LogP contribution in [-0.4, -0.2) is 44.3 Å². The number of hydrogen-bond donors (Lipinski definition) is 1. The molecule has 0 spiro atoms. The second-order valence-electron chi connectivity index (χ2n) is 11.6. The molecule has 266 valence electrons. The van der Waals surface area contributed by atoms with Crippen LogP contribution in [0.1, 0.15) is 42.0 Å². The molecule has 0 aromatic heterocycles. The lowest BCUT2D eigenvalue weighted by Crippen LogP contribution is -2.53. The van der Waals surface area contributed by atoms with Crippen LogP contribution in [0, 0.1) is 6.92 Å². The Kier molecular flexibility index (Phi) is 13.2. The Bertz CT molecular complexity index is 1910. The lowest BCUT2D eigenvalue weighted by molar-refractivity contribution is -0.140. The maximum Gasteiger partial charge on any atom is 0.417 e. The summed E-state index contributed by atoms with van der Waals surface area (Å²) in [6, 6.07) is 20.7. The summed E-state index contributed by atoms with van der Waals surface area (Å²) >= 11 is 18.3. The van der Waals surface area contributed by atoms with Gasteiger partial charge in [0.1, 0.15) is 12.6 Å². The second kappa shape index (κ2) is 17.0. The van der Waals surface area contributed by atoms with Crippen molar-refractivity contribution < 1.29 is 31.2 Å². The normalized spacial score (nSPS) is 12.3. The van der Waals surface area contributed by atoms with Gasteiger partial charge in [-0.3, -0.25) is 13.9 Å². The van der Waals surface area contributed by atoms with Crippen LogP contribution in [0.2, 0.25) is 15.1 Å². The maximum absolute atomic E-state index is 14.6. The van der Waals surface area contributed by atoms with Crippen LogP contribution >= 0.6 is 34.8 Å². The predicted molar refractivity (Wildman–Crippen MR) is 191 cm³/mol. The highest BCUT2D eigenvalue weighted by atomic mass is 35.5. The molecule has 0 saturated carbocycles. The molecule has 1 atom stereocenters. The summed E-state index contributed by atoms with van der Waals surface area (Å²) in [4.78, 5) is 29.4. The number of unbranched alkanes of at least 4 members (excludes halogenated alkanes) is 1. The fraction of sp³-hybridized carbons (Fsp3) is 0.278. The van der Waals surface area contributed by atoms with Crippen molar-refractivity contribution >= 4 is 62.3 Å². The number of rotatable bonds is 14. The van der Waals surface area contributed by atoms with Crippen molar-refractivity contribution in [3.05, 3.63) is 128 Å². The zero-order valence-electron chi connectivity index (χ0n) is 27.2. The van der Waals surface area contributed by atoms with Gasteiger partial charge in [0, 0.05) is 19.5 Å². The smallest absolute Gasteiger partial charge is 0.354 e. The molecule has 0 heterocycles. The van der Waals surface area contributed by atoms with Crippen LogP contribution in [0.25, 0.3) is 0 Å². The standard InChI is InChI=1S/C36H35Cl3F3N3O4S/c1-3-4-18-43-35(47)33(20-25-8-6-5-7-9-25)44(22-26-12-16-31(38)32(39)19-26)34(46)23-45(50(48,49)28-14-10-24(2)11-15-28)27-13-17-30(37)29(21-27)36(40,41)42/h5-17,19,21,33H,3-4,18,20,22-23H2,1-2H3,(H,43,47). The highest BCUT2D eigenvalue weighted by molar-refractivity contribution is 7.92. The summed E-state index contributed by atoms with van der Waals surface area (Å²) in [6.45, 7) is 2.86. The first-order valence-corrected chi connectivity index (χ1v) is 18.2. The van der Waals surface area contributed by atoms with E-state index in [1.807, 2.05) is 6.92 Å². The number of carbonyl (C=O) groups is 2. The van der Waals surface area contributed by atoms with Crippen molar-refractivity contribution in [2.45, 2.75) is 56.8 Å². The van der Waals surface area contributed by atoms with Gasteiger partial charge < -0.3 is 10.2 Å². The highest BCUT2D eigenvalue weighted by Gasteiger charge is 2.37. The topological polar surface area (TPSA) is 86.8 Å². The first-order valence-electron chi connectivity index (χ1n) is 15.6. The summed E-state index contributed by atoms with van der Waals surface area (Å²) in [5, 5.41) is 2.67. The monoisotopic (exact) mass is 767 g/mol. The van der Waals surface area contributed by atoms with Crippen molar-refractivity contribution in [1.82, 2.24) is 10.2 Å². The maximum atomic E-state index is 14.6. The molecule has 0 aliphatic carbocycles. The minimum atomic E-state index is -4.92. The van der Waals surface area contributed by atoms with Crippen molar-refractivity contribution in [1.29, 1.82) is 0 Å². The van der Waals surface area contributed by atoms with Gasteiger partial charge in [-0.15, -0.1) is 0 Å². The van der Waals surface area contributed by atoms with Crippen molar-refractivity contribution in [3.63, 3.8) is 0 Å². The molecule has 2 amide bonds. The number of alkyl halides is 3. The van der Waals surface area contributed by atoms with Gasteiger partial charge in [-0.05, 0) is 66.9 Å². The Hall–Kier alpha value is -3.77. The molecule has 0 aliphatic heterocycles. The van der Waals surface area contributed by atoms with E-state index < -0.39 is 56.9 Å². The summed E-state index contributed by atoms with van der Waals surface area (Å²) in [5.74, 6) is -1.35. The van der Waals surface area contributed by atoms with Crippen LogP contribution in [0.5, 0.6) is 0 Å². The Morgan fingerprint density at radius 3 is 2.12 bits per heavy atom. The van der Waals surface area contributed by atoms with Gasteiger partial charge >= 0.3 is 6.18 Å². The molecule has 0 saturated heterocycles. The van der Waals surface area contributed by atoms with Crippen LogP contribution in [0.4, 0.5) is 18.9 Å². The summed E-state index contributed by atoms with van der Waals surface area (Å²) in [5.41, 5.74) is 0.205. The van der Waals surface area contributed by atoms with E-state index in [1.165, 1.54) is 41.3 Å². The SMILES string of the molecule is CCCCNC(=O)C(Cc1ccccc1)N(Cc1ccc(Cl)c(Cl)c1)C(=O)CN(c1ccc(Cl)c(C(F)(F)F)c1)S(=O)(=O)c1ccc(C)cc1. The van der Waals surface area contributed by atoms with Crippen LogP contribution in [0.15, 0.2) is 95.9 Å². The minimum absolute atomic E-state index is 0.0513. The Morgan fingerprint density at radius 1 is 0.840 bits per heavy atom. The molecule has 50 heavy (non-hydrogen) atoms. The number of amides is 2. The van der Waals surface area contributed by atoms with Gasteiger partial charge in [0.05, 0.1) is 31.2 Å². The summed E-state index contributed by atoms with van der Waals surface area (Å²) < 4.78 is 70.9. The zero-order valence-corrected chi connectivity index (χ0v) is 30.3. The molecule has 4 aromatic carbocycles. The number of anilines is 1. The molecular formula is C36H35Cl3F3N3O4S. The van der Waals surface area contributed by atoms with Gasteiger partial charge in [0.15, 0.2) is 0 Å². The second-order valence-corrected chi connectivity index (χ2v) is 14.7. The number of nitrogens with one attached hydrogen (secondary N) is 1. The number of halogens is 6. The Balaban J connectivity index is 1.87. The largest absolute Gasteiger partial charge is 0.417 e. The van der Waals surface area contributed by atoms with Gasteiger partial charge in [-0.1, -0.05) is 102 Å². The average molecular weight is 769 g/mol. The number of benzene rings is 4. The van der Waals surface area contributed by atoms with Gasteiger partial charge in [-0.25, -0.2) is 8.42 Å². The lowest BCUT2D eigenvalue weighted by Gasteiger charge is -2.34. The first kappa shape index (κ1) is 39.0.